The highest BCUT2D eigenvalue weighted by molar-refractivity contribution is 4.81. The molecule has 18 heavy (non-hydrogen) atoms. The molecule has 0 radical (unpaired) electrons. The Labute approximate surface area is 111 Å². The van der Waals surface area contributed by atoms with E-state index in [4.69, 9.17) is 14.2 Å². The van der Waals surface area contributed by atoms with E-state index in [9.17, 15) is 0 Å². The molecule has 2 saturated heterocycles. The van der Waals surface area contributed by atoms with Crippen LogP contribution in [0.5, 0.6) is 0 Å². The zero-order valence-corrected chi connectivity index (χ0v) is 12.3. The summed E-state index contributed by atoms with van der Waals surface area (Å²) >= 11 is 0. The van der Waals surface area contributed by atoms with Gasteiger partial charge >= 0.3 is 0 Å². The Morgan fingerprint density at radius 3 is 2.17 bits per heavy atom. The van der Waals surface area contributed by atoms with Crippen LogP contribution in [-0.4, -0.2) is 37.6 Å². The molecule has 2 fully saturated rings. The largest absolute Gasteiger partial charge is 0.373 e. The molecule has 0 aliphatic carbocycles. The van der Waals surface area contributed by atoms with Gasteiger partial charge in [-0.1, -0.05) is 20.3 Å². The van der Waals surface area contributed by atoms with E-state index >= 15 is 0 Å². The monoisotopic (exact) mass is 256 g/mol. The van der Waals surface area contributed by atoms with Gasteiger partial charge in [-0.25, -0.2) is 0 Å². The van der Waals surface area contributed by atoms with Crippen molar-refractivity contribution in [3.8, 4) is 0 Å². The lowest BCUT2D eigenvalue weighted by atomic mass is 9.81. The molecule has 0 saturated carbocycles. The Bertz CT molecular complexity index is 265. The first-order valence-corrected chi connectivity index (χ1v) is 7.24. The molecule has 2 aliphatic rings. The van der Waals surface area contributed by atoms with Crippen molar-refractivity contribution in [2.45, 2.75) is 71.2 Å². The molecule has 0 N–H and O–H groups in total. The van der Waals surface area contributed by atoms with E-state index in [2.05, 4.69) is 27.7 Å². The summed E-state index contributed by atoms with van der Waals surface area (Å²) in [6, 6.07) is 0. The second-order valence-electron chi connectivity index (χ2n) is 7.20. The third kappa shape index (κ3) is 5.68. The van der Waals surface area contributed by atoms with Crippen molar-refractivity contribution in [3.63, 3.8) is 0 Å². The molecule has 0 aromatic carbocycles. The Morgan fingerprint density at radius 1 is 1.00 bits per heavy atom. The smallest absolute Gasteiger partial charge is 0.104 e. The minimum Gasteiger partial charge on any atom is -0.373 e. The number of ether oxygens (including phenoxy) is 3. The van der Waals surface area contributed by atoms with E-state index in [-0.39, 0.29) is 5.60 Å². The van der Waals surface area contributed by atoms with Crippen LogP contribution in [0.2, 0.25) is 0 Å². The summed E-state index contributed by atoms with van der Waals surface area (Å²) < 4.78 is 16.4. The van der Waals surface area contributed by atoms with E-state index in [1.807, 2.05) is 0 Å². The van der Waals surface area contributed by atoms with Gasteiger partial charge in [0.15, 0.2) is 0 Å². The minimum atomic E-state index is -0.0158. The zero-order valence-electron chi connectivity index (χ0n) is 12.3. The first-order valence-electron chi connectivity index (χ1n) is 7.24. The van der Waals surface area contributed by atoms with E-state index in [0.29, 0.717) is 17.6 Å². The predicted octanol–water partition coefficient (Wildman–Crippen LogP) is 3.17. The minimum absolute atomic E-state index is 0.0158. The van der Waals surface area contributed by atoms with Gasteiger partial charge in [0.1, 0.15) is 6.10 Å². The van der Waals surface area contributed by atoms with Crippen molar-refractivity contribution in [3.05, 3.63) is 0 Å². The van der Waals surface area contributed by atoms with Crippen LogP contribution in [0.1, 0.15) is 53.4 Å². The van der Waals surface area contributed by atoms with Crippen LogP contribution in [-0.2, 0) is 14.2 Å². The van der Waals surface area contributed by atoms with Gasteiger partial charge in [0.25, 0.3) is 0 Å². The van der Waals surface area contributed by atoms with Crippen LogP contribution in [0.3, 0.4) is 0 Å². The van der Waals surface area contributed by atoms with E-state index < -0.39 is 0 Å². The first-order chi connectivity index (χ1) is 8.36. The maximum Gasteiger partial charge on any atom is 0.104 e. The molecular weight excluding hydrogens is 228 g/mol. The molecule has 106 valence electrons. The lowest BCUT2D eigenvalue weighted by Crippen LogP contribution is -2.27. The van der Waals surface area contributed by atoms with Crippen LogP contribution in [0.15, 0.2) is 0 Å². The van der Waals surface area contributed by atoms with Crippen molar-refractivity contribution < 1.29 is 14.2 Å². The molecule has 2 heterocycles. The molecule has 2 aliphatic heterocycles. The Kier molecular flexibility index (Phi) is 4.35. The van der Waals surface area contributed by atoms with Crippen molar-refractivity contribution in [2.75, 3.05) is 19.8 Å². The number of rotatable bonds is 9. The van der Waals surface area contributed by atoms with Gasteiger partial charge in [-0.15, -0.1) is 0 Å². The molecule has 2 rings (SSSR count). The Hall–Kier alpha value is -0.120. The summed E-state index contributed by atoms with van der Waals surface area (Å²) in [5.41, 5.74) is 0.384. The second kappa shape index (κ2) is 5.48. The molecule has 0 spiro atoms. The molecule has 0 aromatic heterocycles. The van der Waals surface area contributed by atoms with Crippen LogP contribution < -0.4 is 0 Å². The molecular formula is C15H28O3. The average molecular weight is 256 g/mol. The molecule has 3 heteroatoms. The molecule has 2 unspecified atom stereocenters. The standard InChI is InChI=1S/C15H28O3/c1-14(2,8-12-9-16-12)6-5-7-15(3,4)18-11-13-10-17-13/h12-13H,5-11H2,1-4H3. The van der Waals surface area contributed by atoms with Gasteiger partial charge in [0.2, 0.25) is 0 Å². The normalized spacial score (nSPS) is 27.3. The van der Waals surface area contributed by atoms with Gasteiger partial charge in [-0.3, -0.25) is 0 Å². The summed E-state index contributed by atoms with van der Waals surface area (Å²) in [5, 5.41) is 0. The van der Waals surface area contributed by atoms with Crippen molar-refractivity contribution in [2.24, 2.45) is 5.41 Å². The topological polar surface area (TPSA) is 34.3 Å². The van der Waals surface area contributed by atoms with Crippen LogP contribution in [0, 0.1) is 5.41 Å². The molecule has 3 nitrogen and oxygen atoms in total. The summed E-state index contributed by atoms with van der Waals surface area (Å²) in [7, 11) is 0. The van der Waals surface area contributed by atoms with Gasteiger partial charge in [-0.05, 0) is 38.5 Å². The maximum absolute atomic E-state index is 5.91. The number of epoxide rings is 2. The Balaban J connectivity index is 1.59. The fourth-order valence-electron chi connectivity index (χ4n) is 2.45. The Morgan fingerprint density at radius 2 is 1.61 bits per heavy atom. The highest BCUT2D eigenvalue weighted by Gasteiger charge is 2.32. The lowest BCUT2D eigenvalue weighted by molar-refractivity contribution is -0.0328. The van der Waals surface area contributed by atoms with Gasteiger partial charge in [-0.2, -0.15) is 0 Å². The van der Waals surface area contributed by atoms with Crippen molar-refractivity contribution >= 4 is 0 Å². The van der Waals surface area contributed by atoms with Crippen LogP contribution in [0.25, 0.3) is 0 Å². The van der Waals surface area contributed by atoms with Crippen LogP contribution in [0.4, 0.5) is 0 Å². The third-order valence-corrected chi connectivity index (χ3v) is 3.88. The van der Waals surface area contributed by atoms with Gasteiger partial charge < -0.3 is 14.2 Å². The lowest BCUT2D eigenvalue weighted by Gasteiger charge is -2.28. The van der Waals surface area contributed by atoms with Gasteiger partial charge in [0, 0.05) is 0 Å². The first kappa shape index (κ1) is 14.3. The quantitative estimate of drug-likeness (QED) is 0.594. The van der Waals surface area contributed by atoms with E-state index in [1.165, 1.54) is 19.3 Å². The third-order valence-electron chi connectivity index (χ3n) is 3.88. The van der Waals surface area contributed by atoms with Crippen molar-refractivity contribution in [1.82, 2.24) is 0 Å². The molecule has 0 amide bonds. The number of hydrogen-bond acceptors (Lipinski definition) is 3. The summed E-state index contributed by atoms with van der Waals surface area (Å²) in [5.74, 6) is 0. The van der Waals surface area contributed by atoms with E-state index in [1.54, 1.807) is 0 Å². The maximum atomic E-state index is 5.91. The predicted molar refractivity (Wildman–Crippen MR) is 71.8 cm³/mol. The summed E-state index contributed by atoms with van der Waals surface area (Å²) in [6.45, 7) is 11.7. The molecule has 0 bridgehead atoms. The van der Waals surface area contributed by atoms with Gasteiger partial charge in [0.05, 0.1) is 31.5 Å². The SMILES string of the molecule is CC(C)(CCCC(C)(C)OCC1CO1)CC1CO1. The number of hydrogen-bond donors (Lipinski definition) is 0. The highest BCUT2D eigenvalue weighted by Crippen LogP contribution is 2.34. The fraction of sp³-hybridized carbons (Fsp3) is 1.00. The molecule has 0 aromatic rings. The highest BCUT2D eigenvalue weighted by atomic mass is 16.6. The molecule has 2 atom stereocenters. The van der Waals surface area contributed by atoms with E-state index in [0.717, 1.165) is 26.2 Å². The fourth-order valence-corrected chi connectivity index (χ4v) is 2.45. The summed E-state index contributed by atoms with van der Waals surface area (Å²) in [6.07, 6.45) is 5.69. The average Bonchev–Trinajstić information content (AvgIpc) is 3.08. The van der Waals surface area contributed by atoms with Crippen molar-refractivity contribution in [1.29, 1.82) is 0 Å². The summed E-state index contributed by atoms with van der Waals surface area (Å²) in [4.78, 5) is 0. The second-order valence-corrected chi connectivity index (χ2v) is 7.20. The zero-order chi connectivity index (χ0) is 13.2. The van der Waals surface area contributed by atoms with Crippen LogP contribution >= 0.6 is 0 Å².